The number of benzene rings is 1. The van der Waals surface area contributed by atoms with Crippen LogP contribution in [-0.4, -0.2) is 34.2 Å². The van der Waals surface area contributed by atoms with Gasteiger partial charge in [0.15, 0.2) is 0 Å². The summed E-state index contributed by atoms with van der Waals surface area (Å²) < 4.78 is 18.6. The van der Waals surface area contributed by atoms with Gasteiger partial charge in [-0.15, -0.1) is 12.4 Å². The zero-order chi connectivity index (χ0) is 19.3. The molecule has 8 heteroatoms. The molecular weight excluding hydrogens is 395 g/mol. The molecule has 0 aliphatic carbocycles. The maximum Gasteiger partial charge on any atom is 0.259 e. The molecule has 2 aromatic heterocycles. The number of nitrogens with one attached hydrogen (secondary N) is 2. The molecule has 1 amide bonds. The maximum absolute atomic E-state index is 13.3. The topological polar surface area (TPSA) is 80.0 Å². The van der Waals surface area contributed by atoms with Crippen LogP contribution in [0.25, 0.3) is 22.4 Å². The Bertz CT molecular complexity index is 1040. The molecule has 2 bridgehead atoms. The molecule has 0 radical (unpaired) electrons. The molecule has 0 spiro atoms. The zero-order valence-corrected chi connectivity index (χ0v) is 16.8. The highest BCUT2D eigenvalue weighted by atomic mass is 35.5. The van der Waals surface area contributed by atoms with Gasteiger partial charge in [-0.3, -0.25) is 4.79 Å². The Hall–Kier alpha value is -2.51. The van der Waals surface area contributed by atoms with Gasteiger partial charge in [-0.25, -0.2) is 9.37 Å². The molecule has 2 unspecified atom stereocenters. The van der Waals surface area contributed by atoms with Crippen molar-refractivity contribution in [3.8, 4) is 11.3 Å². The van der Waals surface area contributed by atoms with Crippen molar-refractivity contribution in [2.45, 2.75) is 50.7 Å². The van der Waals surface area contributed by atoms with Gasteiger partial charge in [-0.05, 0) is 62.9 Å². The summed E-state index contributed by atoms with van der Waals surface area (Å²) in [6, 6.07) is 8.91. The van der Waals surface area contributed by atoms with E-state index in [0.717, 1.165) is 12.8 Å². The first-order valence-corrected chi connectivity index (χ1v) is 9.66. The molecule has 0 saturated carbocycles. The van der Waals surface area contributed by atoms with Gasteiger partial charge in [0.25, 0.3) is 11.6 Å². The van der Waals surface area contributed by atoms with Crippen molar-refractivity contribution in [2.24, 2.45) is 0 Å². The molecule has 4 heterocycles. The number of hydrogen-bond acceptors (Lipinski definition) is 5. The number of carbonyl (C=O) groups excluding carboxylic acids is 1. The van der Waals surface area contributed by atoms with Crippen LogP contribution in [0.1, 0.15) is 41.7 Å². The number of fused-ring (bicyclic) bond motifs is 3. The quantitative estimate of drug-likeness (QED) is 0.679. The molecule has 2 N–H and O–H groups in total. The fraction of sp³-hybridized carbons (Fsp3) is 0.381. The highest BCUT2D eigenvalue weighted by molar-refractivity contribution is 6.07. The Morgan fingerprint density at radius 1 is 1.21 bits per heavy atom. The summed E-state index contributed by atoms with van der Waals surface area (Å²) in [5.41, 5.74) is 2.71. The predicted molar refractivity (Wildman–Crippen MR) is 110 cm³/mol. The summed E-state index contributed by atoms with van der Waals surface area (Å²) >= 11 is 0. The Morgan fingerprint density at radius 2 is 1.90 bits per heavy atom. The molecule has 3 aromatic rings. The van der Waals surface area contributed by atoms with Crippen molar-refractivity contribution >= 4 is 29.4 Å². The third-order valence-electron chi connectivity index (χ3n) is 5.81. The van der Waals surface area contributed by atoms with Gasteiger partial charge < -0.3 is 15.2 Å². The van der Waals surface area contributed by atoms with Crippen molar-refractivity contribution < 1.29 is 13.7 Å². The summed E-state index contributed by atoms with van der Waals surface area (Å²) in [7, 11) is 0. The lowest BCUT2D eigenvalue weighted by Crippen LogP contribution is -2.48. The summed E-state index contributed by atoms with van der Waals surface area (Å²) in [4.78, 5) is 17.6. The van der Waals surface area contributed by atoms with Crippen molar-refractivity contribution in [1.82, 2.24) is 20.8 Å². The first-order chi connectivity index (χ1) is 13.6. The van der Waals surface area contributed by atoms with Gasteiger partial charge in [0.05, 0.1) is 22.3 Å². The predicted octanol–water partition coefficient (Wildman–Crippen LogP) is 3.77. The molecule has 152 valence electrons. The molecular formula is C21H22ClFN4O2. The van der Waals surface area contributed by atoms with Gasteiger partial charge in [-0.1, -0.05) is 5.16 Å². The van der Waals surface area contributed by atoms with Crippen LogP contribution < -0.4 is 10.6 Å². The lowest BCUT2D eigenvalue weighted by molar-refractivity contribution is 0.0925. The van der Waals surface area contributed by atoms with E-state index in [1.165, 1.54) is 25.0 Å². The van der Waals surface area contributed by atoms with Crippen LogP contribution in [0.2, 0.25) is 0 Å². The van der Waals surface area contributed by atoms with E-state index in [-0.39, 0.29) is 30.2 Å². The van der Waals surface area contributed by atoms with Gasteiger partial charge in [0.1, 0.15) is 5.82 Å². The first kappa shape index (κ1) is 19.8. The van der Waals surface area contributed by atoms with Gasteiger partial charge >= 0.3 is 0 Å². The van der Waals surface area contributed by atoms with Crippen LogP contribution in [0.3, 0.4) is 0 Å². The SMILES string of the molecule is Cc1noc2nc(-c3ccc(F)cc3)cc(C(=O)NC3CC4CCC(C3)N4)c12.Cl. The number of piperidine rings is 1. The minimum Gasteiger partial charge on any atom is -0.349 e. The van der Waals surface area contributed by atoms with E-state index in [4.69, 9.17) is 4.52 Å². The molecule has 1 aromatic carbocycles. The second-order valence-corrected chi connectivity index (χ2v) is 7.79. The number of pyridine rings is 1. The summed E-state index contributed by atoms with van der Waals surface area (Å²) in [5, 5.41) is 11.4. The molecule has 2 aliphatic heterocycles. The third kappa shape index (κ3) is 3.72. The average Bonchev–Trinajstić information content (AvgIpc) is 3.23. The number of aryl methyl sites for hydroxylation is 1. The lowest BCUT2D eigenvalue weighted by Gasteiger charge is -2.29. The second kappa shape index (κ2) is 7.72. The highest BCUT2D eigenvalue weighted by Gasteiger charge is 2.34. The van der Waals surface area contributed by atoms with E-state index in [1.54, 1.807) is 25.1 Å². The zero-order valence-electron chi connectivity index (χ0n) is 15.9. The van der Waals surface area contributed by atoms with Crippen molar-refractivity contribution in [3.63, 3.8) is 0 Å². The Labute approximate surface area is 173 Å². The normalized spacial score (nSPS) is 23.0. The fourth-order valence-corrected chi connectivity index (χ4v) is 4.48. The van der Waals surface area contributed by atoms with Crippen molar-refractivity contribution in [3.05, 3.63) is 47.4 Å². The van der Waals surface area contributed by atoms with Crippen LogP contribution in [0.5, 0.6) is 0 Å². The van der Waals surface area contributed by atoms with Crippen LogP contribution >= 0.6 is 12.4 Å². The van der Waals surface area contributed by atoms with Gasteiger partial charge in [0.2, 0.25) is 0 Å². The van der Waals surface area contributed by atoms with E-state index in [1.807, 2.05) is 0 Å². The number of rotatable bonds is 3. The minimum absolute atomic E-state index is 0. The molecule has 5 rings (SSSR count). The molecule has 6 nitrogen and oxygen atoms in total. The third-order valence-corrected chi connectivity index (χ3v) is 5.81. The van der Waals surface area contributed by atoms with Crippen LogP contribution in [-0.2, 0) is 0 Å². The summed E-state index contributed by atoms with van der Waals surface area (Å²) in [5.74, 6) is -0.466. The van der Waals surface area contributed by atoms with Crippen LogP contribution in [0.15, 0.2) is 34.9 Å². The fourth-order valence-electron chi connectivity index (χ4n) is 4.48. The molecule has 2 fully saturated rings. The largest absolute Gasteiger partial charge is 0.349 e. The van der Waals surface area contributed by atoms with E-state index < -0.39 is 0 Å². The maximum atomic E-state index is 13.3. The Morgan fingerprint density at radius 3 is 2.59 bits per heavy atom. The number of nitrogens with zero attached hydrogens (tertiary/aromatic N) is 2. The number of hydrogen-bond donors (Lipinski definition) is 2. The first-order valence-electron chi connectivity index (χ1n) is 9.66. The molecule has 2 atom stereocenters. The molecule has 2 saturated heterocycles. The van der Waals surface area contributed by atoms with Crippen molar-refractivity contribution in [1.29, 1.82) is 0 Å². The van der Waals surface area contributed by atoms with Gasteiger partial charge in [-0.2, -0.15) is 0 Å². The Balaban J connectivity index is 0.00000205. The smallest absolute Gasteiger partial charge is 0.259 e. The average molecular weight is 417 g/mol. The lowest BCUT2D eigenvalue weighted by atomic mass is 9.98. The number of halogens is 2. The molecule has 2 aliphatic rings. The van der Waals surface area contributed by atoms with E-state index in [9.17, 15) is 9.18 Å². The van der Waals surface area contributed by atoms with Gasteiger partial charge in [0, 0.05) is 23.7 Å². The Kier molecular flexibility index (Phi) is 5.27. The summed E-state index contributed by atoms with van der Waals surface area (Å²) in [6.45, 7) is 1.80. The van der Waals surface area contributed by atoms with E-state index in [0.29, 0.717) is 45.7 Å². The number of aromatic nitrogens is 2. The van der Waals surface area contributed by atoms with E-state index >= 15 is 0 Å². The molecule has 29 heavy (non-hydrogen) atoms. The second-order valence-electron chi connectivity index (χ2n) is 7.79. The highest BCUT2D eigenvalue weighted by Crippen LogP contribution is 2.29. The van der Waals surface area contributed by atoms with Crippen LogP contribution in [0.4, 0.5) is 4.39 Å². The number of amides is 1. The monoisotopic (exact) mass is 416 g/mol. The minimum atomic E-state index is -0.321. The standard InChI is InChI=1S/C21H21FN4O2.ClH/c1-11-19-17(20(27)24-16-8-14-6-7-15(9-16)23-14)10-18(25-21(19)28-26-11)12-2-4-13(22)5-3-12;/h2-5,10,14-16,23H,6-9H2,1H3,(H,24,27);1H. The summed E-state index contributed by atoms with van der Waals surface area (Å²) in [6.07, 6.45) is 4.25. The van der Waals surface area contributed by atoms with E-state index in [2.05, 4.69) is 20.8 Å². The van der Waals surface area contributed by atoms with Crippen LogP contribution in [0, 0.1) is 12.7 Å². The van der Waals surface area contributed by atoms with Crippen molar-refractivity contribution in [2.75, 3.05) is 0 Å². The number of carbonyl (C=O) groups is 1.